The summed E-state index contributed by atoms with van der Waals surface area (Å²) in [6.07, 6.45) is -0.683. The average Bonchev–Trinajstić information content (AvgIpc) is 3.40. The minimum absolute atomic E-state index is 0.0702. The number of carbonyl (C=O) groups is 3. The Morgan fingerprint density at radius 3 is 2.21 bits per heavy atom. The molecule has 0 bridgehead atoms. The number of nitrogens with one attached hydrogen (secondary N) is 1. The number of furan rings is 1. The van der Waals surface area contributed by atoms with E-state index in [1.54, 1.807) is 14.0 Å². The topological polar surface area (TPSA) is 109 Å². The number of fused-ring (bicyclic) bond motifs is 3. The first-order chi connectivity index (χ1) is 15.8. The lowest BCUT2D eigenvalue weighted by atomic mass is 9.98. The van der Waals surface area contributed by atoms with Crippen LogP contribution in [-0.2, 0) is 16.1 Å². The molecule has 2 aromatic carbocycles. The van der Waals surface area contributed by atoms with E-state index in [2.05, 4.69) is 17.4 Å². The maximum atomic E-state index is 12.6. The van der Waals surface area contributed by atoms with Crippen molar-refractivity contribution in [3.8, 4) is 11.1 Å². The quantitative estimate of drug-likeness (QED) is 0.568. The number of ether oxygens (including phenoxy) is 1. The van der Waals surface area contributed by atoms with Gasteiger partial charge in [-0.25, -0.2) is 9.59 Å². The molecule has 33 heavy (non-hydrogen) atoms. The van der Waals surface area contributed by atoms with Crippen LogP contribution in [0.1, 0.15) is 40.3 Å². The zero-order chi connectivity index (χ0) is 23.5. The minimum atomic E-state index is -1.18. The highest BCUT2D eigenvalue weighted by atomic mass is 16.5. The molecule has 0 aliphatic heterocycles. The van der Waals surface area contributed by atoms with Crippen LogP contribution in [0.4, 0.5) is 4.79 Å². The van der Waals surface area contributed by atoms with Crippen molar-refractivity contribution in [3.63, 3.8) is 0 Å². The van der Waals surface area contributed by atoms with Gasteiger partial charge < -0.3 is 24.5 Å². The van der Waals surface area contributed by atoms with Gasteiger partial charge >= 0.3 is 12.1 Å². The molecule has 8 nitrogen and oxygen atoms in total. The van der Waals surface area contributed by atoms with Crippen LogP contribution in [-0.4, -0.2) is 47.7 Å². The maximum absolute atomic E-state index is 12.6. The van der Waals surface area contributed by atoms with Crippen molar-refractivity contribution in [2.75, 3.05) is 13.7 Å². The Hall–Kier alpha value is -4.07. The molecule has 0 radical (unpaired) electrons. The number of carboxylic acid groups (broad SMARTS) is 1. The number of hydrogen-bond acceptors (Lipinski definition) is 5. The highest BCUT2D eigenvalue weighted by Gasteiger charge is 2.29. The number of nitrogens with zero attached hydrogens (tertiary/aromatic N) is 1. The van der Waals surface area contributed by atoms with Gasteiger partial charge in [0.2, 0.25) is 11.7 Å². The van der Waals surface area contributed by atoms with Crippen LogP contribution in [0, 0.1) is 0 Å². The van der Waals surface area contributed by atoms with Gasteiger partial charge in [0.15, 0.2) is 0 Å². The van der Waals surface area contributed by atoms with Crippen LogP contribution in [0.3, 0.4) is 0 Å². The van der Waals surface area contributed by atoms with E-state index >= 15 is 0 Å². The highest BCUT2D eigenvalue weighted by Crippen LogP contribution is 2.44. The van der Waals surface area contributed by atoms with E-state index in [9.17, 15) is 14.4 Å². The van der Waals surface area contributed by atoms with Crippen LogP contribution < -0.4 is 5.32 Å². The Labute approximate surface area is 190 Å². The molecule has 1 aromatic heterocycles. The van der Waals surface area contributed by atoms with Gasteiger partial charge in [-0.05, 0) is 41.3 Å². The van der Waals surface area contributed by atoms with E-state index < -0.39 is 18.1 Å². The molecule has 0 saturated heterocycles. The van der Waals surface area contributed by atoms with Gasteiger partial charge in [-0.1, -0.05) is 48.5 Å². The normalized spacial score (nSPS) is 13.0. The molecule has 1 aliphatic carbocycles. The van der Waals surface area contributed by atoms with Gasteiger partial charge in [-0.15, -0.1) is 0 Å². The van der Waals surface area contributed by atoms with E-state index in [1.807, 2.05) is 36.4 Å². The summed E-state index contributed by atoms with van der Waals surface area (Å²) in [5, 5.41) is 11.5. The summed E-state index contributed by atoms with van der Waals surface area (Å²) in [7, 11) is 1.54. The predicted octanol–water partition coefficient (Wildman–Crippen LogP) is 3.86. The third-order valence-corrected chi connectivity index (χ3v) is 5.69. The Kier molecular flexibility index (Phi) is 6.17. The van der Waals surface area contributed by atoms with Crippen LogP contribution in [0.25, 0.3) is 11.1 Å². The van der Waals surface area contributed by atoms with E-state index in [0.717, 1.165) is 22.3 Å². The molecule has 1 atom stereocenters. The Morgan fingerprint density at radius 2 is 1.64 bits per heavy atom. The second-order valence-electron chi connectivity index (χ2n) is 7.96. The summed E-state index contributed by atoms with van der Waals surface area (Å²) in [6, 6.07) is 18.1. The number of alkyl carbamates (subject to hydrolysis) is 1. The first-order valence-electron chi connectivity index (χ1n) is 10.5. The van der Waals surface area contributed by atoms with Crippen molar-refractivity contribution in [2.24, 2.45) is 0 Å². The molecule has 4 rings (SSSR count). The van der Waals surface area contributed by atoms with Gasteiger partial charge in [-0.3, -0.25) is 4.79 Å². The minimum Gasteiger partial charge on any atom is -0.475 e. The summed E-state index contributed by atoms with van der Waals surface area (Å²) < 4.78 is 10.7. The second kappa shape index (κ2) is 9.20. The van der Waals surface area contributed by atoms with Crippen LogP contribution in [0.15, 0.2) is 65.1 Å². The molecule has 0 unspecified atom stereocenters. The molecule has 0 spiro atoms. The van der Waals surface area contributed by atoms with E-state index in [0.29, 0.717) is 5.76 Å². The monoisotopic (exact) mass is 448 g/mol. The molecular weight excluding hydrogens is 424 g/mol. The zero-order valence-electron chi connectivity index (χ0n) is 18.3. The number of likely N-dealkylation sites (N-methyl/N-ethyl adjacent to an activating group) is 1. The smallest absolute Gasteiger partial charge is 0.407 e. The third kappa shape index (κ3) is 4.59. The Morgan fingerprint density at radius 1 is 1.03 bits per heavy atom. The van der Waals surface area contributed by atoms with Gasteiger partial charge in [0.1, 0.15) is 18.4 Å². The van der Waals surface area contributed by atoms with Crippen LogP contribution in [0.5, 0.6) is 0 Å². The fourth-order valence-corrected chi connectivity index (χ4v) is 4.10. The van der Waals surface area contributed by atoms with Crippen molar-refractivity contribution in [3.05, 3.63) is 83.3 Å². The SMILES string of the molecule is C[C@H](NC(=O)OCC1c2ccccc2-c2ccccc21)C(=O)N(C)Cc1ccc(C(=O)O)o1. The first-order valence-corrected chi connectivity index (χ1v) is 10.5. The number of carboxylic acids is 1. The van der Waals surface area contributed by atoms with Crippen molar-refractivity contribution in [1.82, 2.24) is 10.2 Å². The number of hydrogen-bond donors (Lipinski definition) is 2. The summed E-state index contributed by atoms with van der Waals surface area (Å²) in [5.41, 5.74) is 4.48. The number of carbonyl (C=O) groups excluding carboxylic acids is 2. The molecule has 0 fully saturated rings. The molecule has 2 N–H and O–H groups in total. The lowest BCUT2D eigenvalue weighted by Crippen LogP contribution is -2.45. The van der Waals surface area contributed by atoms with E-state index in [1.165, 1.54) is 17.0 Å². The molecule has 170 valence electrons. The van der Waals surface area contributed by atoms with Gasteiger partial charge in [0.25, 0.3) is 0 Å². The predicted molar refractivity (Wildman–Crippen MR) is 120 cm³/mol. The van der Waals surface area contributed by atoms with Crippen molar-refractivity contribution >= 4 is 18.0 Å². The van der Waals surface area contributed by atoms with E-state index in [-0.39, 0.29) is 30.7 Å². The lowest BCUT2D eigenvalue weighted by molar-refractivity contribution is -0.132. The molecule has 3 aromatic rings. The second-order valence-corrected chi connectivity index (χ2v) is 7.96. The molecule has 8 heteroatoms. The number of amides is 2. The van der Waals surface area contributed by atoms with Crippen molar-refractivity contribution in [1.29, 1.82) is 0 Å². The largest absolute Gasteiger partial charge is 0.475 e. The van der Waals surface area contributed by atoms with Crippen LogP contribution >= 0.6 is 0 Å². The number of rotatable bonds is 7. The standard InChI is InChI=1S/C25H24N2O6/c1-15(23(28)27(2)13-16-11-12-22(33-16)24(29)30)26-25(31)32-14-21-19-9-5-3-7-17(19)18-8-4-6-10-20(18)21/h3-12,15,21H,13-14H2,1-2H3,(H,26,31)(H,29,30)/t15-/m0/s1. The van der Waals surface area contributed by atoms with Crippen molar-refractivity contribution < 1.29 is 28.6 Å². The Bertz CT molecular complexity index is 1160. The highest BCUT2D eigenvalue weighted by molar-refractivity contribution is 5.86. The average molecular weight is 448 g/mol. The van der Waals surface area contributed by atoms with Crippen LogP contribution in [0.2, 0.25) is 0 Å². The molecular formula is C25H24N2O6. The first kappa shape index (κ1) is 22.1. The summed E-state index contributed by atoms with van der Waals surface area (Å²) in [4.78, 5) is 37.3. The Balaban J connectivity index is 1.33. The summed E-state index contributed by atoms with van der Waals surface area (Å²) in [5.74, 6) is -1.48. The molecule has 1 aliphatic rings. The van der Waals surface area contributed by atoms with E-state index in [4.69, 9.17) is 14.3 Å². The summed E-state index contributed by atoms with van der Waals surface area (Å²) >= 11 is 0. The van der Waals surface area contributed by atoms with Gasteiger partial charge in [-0.2, -0.15) is 0 Å². The van der Waals surface area contributed by atoms with Gasteiger partial charge in [0, 0.05) is 13.0 Å². The fourth-order valence-electron chi connectivity index (χ4n) is 4.10. The zero-order valence-corrected chi connectivity index (χ0v) is 18.3. The lowest BCUT2D eigenvalue weighted by Gasteiger charge is -2.21. The fraction of sp³-hybridized carbons (Fsp3) is 0.240. The third-order valence-electron chi connectivity index (χ3n) is 5.69. The molecule has 2 amide bonds. The molecule has 0 saturated carbocycles. The van der Waals surface area contributed by atoms with Gasteiger partial charge in [0.05, 0.1) is 6.54 Å². The number of aromatic carboxylic acids is 1. The maximum Gasteiger partial charge on any atom is 0.407 e. The molecule has 1 heterocycles. The van der Waals surface area contributed by atoms with Crippen molar-refractivity contribution in [2.45, 2.75) is 25.4 Å². The number of benzene rings is 2. The summed E-state index contributed by atoms with van der Waals surface area (Å²) in [6.45, 7) is 1.79.